The Morgan fingerprint density at radius 1 is 1.30 bits per heavy atom. The van der Waals surface area contributed by atoms with Crippen LogP contribution in [-0.2, 0) is 16.1 Å². The van der Waals surface area contributed by atoms with Gasteiger partial charge in [-0.2, -0.15) is 0 Å². The van der Waals surface area contributed by atoms with Crippen LogP contribution in [0.5, 0.6) is 0 Å². The van der Waals surface area contributed by atoms with Crippen LogP contribution in [0.3, 0.4) is 0 Å². The standard InChI is InChI=1S/C19H19FN4O3/c20-13-5-7-14(8-6-13)24-18-16(4-1-9-21-18)23(19(24)26)12-17(25)22-11-15-3-2-10-27-15/h1,4-9,15H,2-3,10-12H2,(H,22,25)/t15-/m1/s1. The van der Waals surface area contributed by atoms with Gasteiger partial charge in [0, 0.05) is 19.3 Å². The van der Waals surface area contributed by atoms with Crippen LogP contribution in [0.15, 0.2) is 47.4 Å². The molecule has 4 rings (SSSR count). The molecular weight excluding hydrogens is 351 g/mol. The van der Waals surface area contributed by atoms with E-state index in [1.807, 2.05) is 0 Å². The highest BCUT2D eigenvalue weighted by molar-refractivity contribution is 5.80. The predicted octanol–water partition coefficient (Wildman–Crippen LogP) is 1.62. The van der Waals surface area contributed by atoms with Crippen LogP contribution in [-0.4, -0.2) is 39.3 Å². The lowest BCUT2D eigenvalue weighted by Gasteiger charge is -2.11. The summed E-state index contributed by atoms with van der Waals surface area (Å²) in [5.41, 5.74) is 1.05. The van der Waals surface area contributed by atoms with Gasteiger partial charge >= 0.3 is 5.69 Å². The summed E-state index contributed by atoms with van der Waals surface area (Å²) in [4.78, 5) is 29.6. The van der Waals surface area contributed by atoms with E-state index in [0.717, 1.165) is 19.4 Å². The molecule has 1 atom stereocenters. The maximum atomic E-state index is 13.2. The number of halogens is 1. The highest BCUT2D eigenvalue weighted by Crippen LogP contribution is 2.16. The molecule has 0 unspecified atom stereocenters. The second-order valence-electron chi connectivity index (χ2n) is 6.47. The van der Waals surface area contributed by atoms with E-state index in [4.69, 9.17) is 4.74 Å². The first kappa shape index (κ1) is 17.4. The van der Waals surface area contributed by atoms with Gasteiger partial charge in [0.25, 0.3) is 0 Å². The Morgan fingerprint density at radius 3 is 2.85 bits per heavy atom. The molecule has 3 aromatic rings. The number of pyridine rings is 1. The number of nitrogens with zero attached hydrogens (tertiary/aromatic N) is 3. The molecule has 27 heavy (non-hydrogen) atoms. The summed E-state index contributed by atoms with van der Waals surface area (Å²) >= 11 is 0. The molecule has 140 valence electrons. The van der Waals surface area contributed by atoms with E-state index in [2.05, 4.69) is 10.3 Å². The first-order valence-electron chi connectivity index (χ1n) is 8.84. The van der Waals surface area contributed by atoms with Crippen molar-refractivity contribution < 1.29 is 13.9 Å². The molecule has 1 aliphatic rings. The van der Waals surface area contributed by atoms with Crippen LogP contribution in [0.1, 0.15) is 12.8 Å². The summed E-state index contributed by atoms with van der Waals surface area (Å²) in [7, 11) is 0. The van der Waals surface area contributed by atoms with Crippen molar-refractivity contribution >= 4 is 17.1 Å². The number of benzene rings is 1. The topological polar surface area (TPSA) is 78.2 Å². The Morgan fingerprint density at radius 2 is 2.11 bits per heavy atom. The molecule has 0 spiro atoms. The van der Waals surface area contributed by atoms with Crippen molar-refractivity contribution in [2.75, 3.05) is 13.2 Å². The lowest BCUT2D eigenvalue weighted by Crippen LogP contribution is -2.36. The smallest absolute Gasteiger partial charge is 0.335 e. The summed E-state index contributed by atoms with van der Waals surface area (Å²) in [5, 5.41) is 2.82. The zero-order valence-corrected chi connectivity index (χ0v) is 14.6. The number of hydrogen-bond acceptors (Lipinski definition) is 4. The maximum absolute atomic E-state index is 13.2. The fourth-order valence-corrected chi connectivity index (χ4v) is 3.29. The van der Waals surface area contributed by atoms with Crippen molar-refractivity contribution in [2.24, 2.45) is 0 Å². The number of hydrogen-bond donors (Lipinski definition) is 1. The first-order chi connectivity index (χ1) is 13.1. The Labute approximate surface area is 154 Å². The quantitative estimate of drug-likeness (QED) is 0.740. The Bertz CT molecular complexity index is 1020. The minimum absolute atomic E-state index is 0.0351. The van der Waals surface area contributed by atoms with Crippen LogP contribution in [0, 0.1) is 5.82 Å². The summed E-state index contributed by atoms with van der Waals surface area (Å²) in [6.07, 6.45) is 3.53. The lowest BCUT2D eigenvalue weighted by molar-refractivity contribution is -0.122. The van der Waals surface area contributed by atoms with E-state index in [0.29, 0.717) is 23.4 Å². The van der Waals surface area contributed by atoms with Gasteiger partial charge in [0.2, 0.25) is 5.91 Å². The monoisotopic (exact) mass is 370 g/mol. The van der Waals surface area contributed by atoms with E-state index in [1.54, 1.807) is 18.3 Å². The van der Waals surface area contributed by atoms with Crippen LogP contribution in [0.4, 0.5) is 4.39 Å². The molecule has 0 saturated carbocycles. The second kappa shape index (κ2) is 7.32. The van der Waals surface area contributed by atoms with Crippen molar-refractivity contribution in [1.29, 1.82) is 0 Å². The highest BCUT2D eigenvalue weighted by atomic mass is 19.1. The third-order valence-electron chi connectivity index (χ3n) is 4.63. The summed E-state index contributed by atoms with van der Waals surface area (Å²) in [5.74, 6) is -0.661. The minimum atomic E-state index is -0.400. The number of rotatable bonds is 5. The number of carbonyl (C=O) groups excluding carboxylic acids is 1. The average molecular weight is 370 g/mol. The summed E-state index contributed by atoms with van der Waals surface area (Å²) in [6, 6.07) is 9.01. The Hall–Kier alpha value is -3.00. The van der Waals surface area contributed by atoms with Crippen molar-refractivity contribution in [3.8, 4) is 5.69 Å². The van der Waals surface area contributed by atoms with Crippen LogP contribution in [0.2, 0.25) is 0 Å². The van der Waals surface area contributed by atoms with Gasteiger partial charge in [-0.25, -0.2) is 18.7 Å². The molecular formula is C19H19FN4O3. The average Bonchev–Trinajstić information content (AvgIpc) is 3.28. The number of aromatic nitrogens is 3. The highest BCUT2D eigenvalue weighted by Gasteiger charge is 2.19. The van der Waals surface area contributed by atoms with Crippen molar-refractivity contribution in [3.05, 3.63) is 58.9 Å². The number of ether oxygens (including phenoxy) is 1. The molecule has 3 heterocycles. The van der Waals surface area contributed by atoms with Crippen molar-refractivity contribution in [3.63, 3.8) is 0 Å². The van der Waals surface area contributed by atoms with Gasteiger partial charge in [-0.3, -0.25) is 9.36 Å². The Kier molecular flexibility index (Phi) is 4.72. The third-order valence-corrected chi connectivity index (χ3v) is 4.63. The first-order valence-corrected chi connectivity index (χ1v) is 8.84. The molecule has 0 aliphatic carbocycles. The molecule has 8 heteroatoms. The molecule has 1 aromatic carbocycles. The van der Waals surface area contributed by atoms with E-state index in [-0.39, 0.29) is 18.6 Å². The number of nitrogens with one attached hydrogen (secondary N) is 1. The maximum Gasteiger partial charge on any atom is 0.335 e. The van der Waals surface area contributed by atoms with E-state index >= 15 is 0 Å². The van der Waals surface area contributed by atoms with Crippen LogP contribution in [0.25, 0.3) is 16.9 Å². The van der Waals surface area contributed by atoms with Crippen LogP contribution >= 0.6 is 0 Å². The molecule has 1 aliphatic heterocycles. The minimum Gasteiger partial charge on any atom is -0.376 e. The number of amides is 1. The van der Waals surface area contributed by atoms with Crippen molar-refractivity contribution in [1.82, 2.24) is 19.4 Å². The van der Waals surface area contributed by atoms with Gasteiger partial charge < -0.3 is 10.1 Å². The van der Waals surface area contributed by atoms with Gasteiger partial charge in [-0.05, 0) is 49.2 Å². The molecule has 1 saturated heterocycles. The summed E-state index contributed by atoms with van der Waals surface area (Å²) < 4.78 is 21.5. The van der Waals surface area contributed by atoms with Crippen molar-refractivity contribution in [2.45, 2.75) is 25.5 Å². The number of fused-ring (bicyclic) bond motifs is 1. The van der Waals surface area contributed by atoms with Gasteiger partial charge in [-0.15, -0.1) is 0 Å². The largest absolute Gasteiger partial charge is 0.376 e. The van der Waals surface area contributed by atoms with Crippen LogP contribution < -0.4 is 11.0 Å². The van der Waals surface area contributed by atoms with Gasteiger partial charge in [0.1, 0.15) is 12.4 Å². The molecule has 1 N–H and O–H groups in total. The second-order valence-corrected chi connectivity index (χ2v) is 6.47. The van der Waals surface area contributed by atoms with Gasteiger partial charge in [0.15, 0.2) is 5.65 Å². The number of carbonyl (C=O) groups is 1. The summed E-state index contributed by atoms with van der Waals surface area (Å²) in [6.45, 7) is 1.03. The molecule has 0 bridgehead atoms. The fourth-order valence-electron chi connectivity index (χ4n) is 3.29. The molecule has 0 radical (unpaired) electrons. The molecule has 7 nitrogen and oxygen atoms in total. The third kappa shape index (κ3) is 3.48. The molecule has 1 amide bonds. The normalized spacial score (nSPS) is 16.7. The Balaban J connectivity index is 1.64. The number of imidazole rings is 1. The van der Waals surface area contributed by atoms with Gasteiger partial charge in [0.05, 0.1) is 17.3 Å². The molecule has 1 fully saturated rings. The van der Waals surface area contributed by atoms with Gasteiger partial charge in [-0.1, -0.05) is 0 Å². The van der Waals surface area contributed by atoms with E-state index < -0.39 is 11.5 Å². The SMILES string of the molecule is O=C(Cn1c(=O)n(-c2ccc(F)cc2)c2ncccc21)NC[C@H]1CCCO1. The fraction of sp³-hybridized carbons (Fsp3) is 0.316. The van der Waals surface area contributed by atoms with E-state index in [1.165, 1.54) is 33.4 Å². The zero-order chi connectivity index (χ0) is 18.8. The predicted molar refractivity (Wildman–Crippen MR) is 97.3 cm³/mol. The lowest BCUT2D eigenvalue weighted by atomic mass is 10.2. The van der Waals surface area contributed by atoms with E-state index in [9.17, 15) is 14.0 Å². The zero-order valence-electron chi connectivity index (χ0n) is 14.6. The molecule has 2 aromatic heterocycles.